The van der Waals surface area contributed by atoms with Crippen LogP contribution < -0.4 is 16.4 Å². The zero-order chi connectivity index (χ0) is 18.7. The molecule has 2 unspecified atom stereocenters. The highest BCUT2D eigenvalue weighted by Crippen LogP contribution is 2.47. The van der Waals surface area contributed by atoms with Gasteiger partial charge in [0.2, 0.25) is 5.91 Å². The van der Waals surface area contributed by atoms with Crippen molar-refractivity contribution in [3.05, 3.63) is 54.0 Å². The van der Waals surface area contributed by atoms with E-state index in [1.165, 1.54) is 12.1 Å². The second-order valence-corrected chi connectivity index (χ2v) is 6.28. The molecule has 1 heterocycles. The van der Waals surface area contributed by atoms with Gasteiger partial charge >= 0.3 is 11.8 Å². The topological polar surface area (TPSA) is 114 Å². The van der Waals surface area contributed by atoms with E-state index in [-0.39, 0.29) is 5.91 Å². The first-order valence-electron chi connectivity index (χ1n) is 8.22. The number of carbonyl (C=O) groups is 3. The molecule has 0 spiro atoms. The standard InChI is InChI=1S/C19H19N3O4/c1-11-9-15(11)16-7-5-14(26-16)6-8-17(23)21-12-3-2-4-13(10-12)22-19(25)18(20)24/h2-8,10-11,15H,9H2,1H3,(H2,20,24)(H,21,23)(H,22,25)/b8-6+. The van der Waals surface area contributed by atoms with E-state index in [1.54, 1.807) is 24.3 Å². The lowest BCUT2D eigenvalue weighted by atomic mass is 10.2. The van der Waals surface area contributed by atoms with Crippen molar-refractivity contribution in [2.75, 3.05) is 10.6 Å². The van der Waals surface area contributed by atoms with E-state index in [2.05, 4.69) is 17.6 Å². The molecule has 1 aliphatic carbocycles. The van der Waals surface area contributed by atoms with Gasteiger partial charge in [-0.15, -0.1) is 0 Å². The van der Waals surface area contributed by atoms with E-state index in [1.807, 2.05) is 12.1 Å². The summed E-state index contributed by atoms with van der Waals surface area (Å²) in [5, 5.41) is 5.01. The second kappa shape index (κ2) is 7.26. The molecule has 7 heteroatoms. The molecule has 1 aromatic carbocycles. The lowest BCUT2D eigenvalue weighted by Gasteiger charge is -2.06. The summed E-state index contributed by atoms with van der Waals surface area (Å²) >= 11 is 0. The van der Waals surface area contributed by atoms with Gasteiger partial charge in [-0.1, -0.05) is 13.0 Å². The van der Waals surface area contributed by atoms with Crippen LogP contribution in [0.2, 0.25) is 0 Å². The predicted molar refractivity (Wildman–Crippen MR) is 97.2 cm³/mol. The summed E-state index contributed by atoms with van der Waals surface area (Å²) in [7, 11) is 0. The molecule has 3 rings (SSSR count). The molecule has 7 nitrogen and oxygen atoms in total. The Kier molecular flexibility index (Phi) is 4.88. The van der Waals surface area contributed by atoms with Gasteiger partial charge in [0.25, 0.3) is 0 Å². The molecule has 2 aromatic rings. The third kappa shape index (κ3) is 4.38. The monoisotopic (exact) mass is 353 g/mol. The number of anilines is 2. The van der Waals surface area contributed by atoms with Crippen molar-refractivity contribution in [2.45, 2.75) is 19.3 Å². The van der Waals surface area contributed by atoms with Crippen LogP contribution in [-0.2, 0) is 14.4 Å². The van der Waals surface area contributed by atoms with E-state index in [0.717, 1.165) is 12.2 Å². The molecule has 0 radical (unpaired) electrons. The highest BCUT2D eigenvalue weighted by Gasteiger charge is 2.36. The van der Waals surface area contributed by atoms with Gasteiger partial charge < -0.3 is 20.8 Å². The molecule has 0 saturated heterocycles. The van der Waals surface area contributed by atoms with Crippen LogP contribution in [0.4, 0.5) is 11.4 Å². The molecule has 0 aliphatic heterocycles. The first-order valence-corrected chi connectivity index (χ1v) is 8.22. The van der Waals surface area contributed by atoms with Gasteiger partial charge in [0.15, 0.2) is 0 Å². The Morgan fingerprint density at radius 3 is 2.50 bits per heavy atom. The highest BCUT2D eigenvalue weighted by molar-refractivity contribution is 6.39. The van der Waals surface area contributed by atoms with E-state index < -0.39 is 11.8 Å². The van der Waals surface area contributed by atoms with Crippen LogP contribution in [0.15, 0.2) is 46.9 Å². The highest BCUT2D eigenvalue weighted by atomic mass is 16.3. The fourth-order valence-electron chi connectivity index (χ4n) is 2.58. The van der Waals surface area contributed by atoms with E-state index in [9.17, 15) is 14.4 Å². The Labute approximate surface area is 150 Å². The molecule has 3 amide bonds. The third-order valence-corrected chi connectivity index (χ3v) is 4.13. The molecule has 4 N–H and O–H groups in total. The Balaban J connectivity index is 1.58. The number of amides is 3. The van der Waals surface area contributed by atoms with Crippen molar-refractivity contribution in [3.8, 4) is 0 Å². The molecule has 26 heavy (non-hydrogen) atoms. The molecule has 1 aromatic heterocycles. The van der Waals surface area contributed by atoms with E-state index in [4.69, 9.17) is 10.2 Å². The summed E-state index contributed by atoms with van der Waals surface area (Å²) in [6.45, 7) is 2.18. The Morgan fingerprint density at radius 2 is 1.85 bits per heavy atom. The smallest absolute Gasteiger partial charge is 0.313 e. The average molecular weight is 353 g/mol. The number of nitrogens with two attached hydrogens (primary N) is 1. The van der Waals surface area contributed by atoms with Crippen LogP contribution in [-0.4, -0.2) is 17.7 Å². The van der Waals surface area contributed by atoms with Gasteiger partial charge in [-0.25, -0.2) is 0 Å². The molecule has 1 fully saturated rings. The summed E-state index contributed by atoms with van der Waals surface area (Å²) in [6, 6.07) is 10.2. The normalized spacial score (nSPS) is 18.5. The largest absolute Gasteiger partial charge is 0.461 e. The van der Waals surface area contributed by atoms with Crippen molar-refractivity contribution < 1.29 is 18.8 Å². The van der Waals surface area contributed by atoms with Crippen molar-refractivity contribution in [3.63, 3.8) is 0 Å². The van der Waals surface area contributed by atoms with Crippen LogP contribution in [0.5, 0.6) is 0 Å². The lowest BCUT2D eigenvalue weighted by molar-refractivity contribution is -0.134. The molecule has 2 atom stereocenters. The quantitative estimate of drug-likeness (QED) is 0.566. The molecular formula is C19H19N3O4. The maximum absolute atomic E-state index is 12.0. The molecule has 134 valence electrons. The van der Waals surface area contributed by atoms with Gasteiger partial charge in [0.05, 0.1) is 0 Å². The van der Waals surface area contributed by atoms with Crippen molar-refractivity contribution in [1.82, 2.24) is 0 Å². The predicted octanol–water partition coefficient (Wildman–Crippen LogP) is 2.48. The Hall–Kier alpha value is -3.35. The second-order valence-electron chi connectivity index (χ2n) is 6.28. The first-order chi connectivity index (χ1) is 12.4. The third-order valence-electron chi connectivity index (χ3n) is 4.13. The van der Waals surface area contributed by atoms with Crippen molar-refractivity contribution >= 4 is 35.2 Å². The van der Waals surface area contributed by atoms with Crippen LogP contribution in [0.25, 0.3) is 6.08 Å². The van der Waals surface area contributed by atoms with Gasteiger partial charge in [-0.05, 0) is 48.7 Å². The number of furan rings is 1. The number of carbonyl (C=O) groups excluding carboxylic acids is 3. The fraction of sp³-hybridized carbons (Fsp3) is 0.211. The van der Waals surface area contributed by atoms with Gasteiger partial charge in [-0.2, -0.15) is 0 Å². The number of hydrogen-bond donors (Lipinski definition) is 3. The molecule has 1 saturated carbocycles. The zero-order valence-electron chi connectivity index (χ0n) is 14.2. The minimum Gasteiger partial charge on any atom is -0.461 e. The van der Waals surface area contributed by atoms with Crippen LogP contribution in [0, 0.1) is 5.92 Å². The minimum absolute atomic E-state index is 0.346. The maximum Gasteiger partial charge on any atom is 0.313 e. The number of rotatable bonds is 5. The van der Waals surface area contributed by atoms with E-state index in [0.29, 0.717) is 29.0 Å². The van der Waals surface area contributed by atoms with Gasteiger partial charge in [0, 0.05) is 23.4 Å². The summed E-state index contributed by atoms with van der Waals surface area (Å²) < 4.78 is 5.71. The molecular weight excluding hydrogens is 334 g/mol. The maximum atomic E-state index is 12.0. The zero-order valence-corrected chi connectivity index (χ0v) is 14.2. The van der Waals surface area contributed by atoms with Crippen molar-refractivity contribution in [2.24, 2.45) is 11.7 Å². The number of nitrogens with one attached hydrogen (secondary N) is 2. The summed E-state index contributed by atoms with van der Waals surface area (Å²) in [5.74, 6) is 0.369. The summed E-state index contributed by atoms with van der Waals surface area (Å²) in [6.07, 6.45) is 4.11. The Bertz CT molecular complexity index is 884. The number of benzene rings is 1. The average Bonchev–Trinajstić information content (AvgIpc) is 3.14. The van der Waals surface area contributed by atoms with Gasteiger partial charge in [0.1, 0.15) is 11.5 Å². The van der Waals surface area contributed by atoms with Gasteiger partial charge in [-0.3, -0.25) is 14.4 Å². The fourth-order valence-corrected chi connectivity index (χ4v) is 2.58. The Morgan fingerprint density at radius 1 is 1.15 bits per heavy atom. The summed E-state index contributed by atoms with van der Waals surface area (Å²) in [5.41, 5.74) is 5.71. The minimum atomic E-state index is -1.08. The number of hydrogen-bond acceptors (Lipinski definition) is 4. The number of primary amides is 1. The molecule has 0 bridgehead atoms. The summed E-state index contributed by atoms with van der Waals surface area (Å²) in [4.78, 5) is 34.1. The molecule has 1 aliphatic rings. The van der Waals surface area contributed by atoms with Crippen molar-refractivity contribution in [1.29, 1.82) is 0 Å². The van der Waals surface area contributed by atoms with Crippen LogP contribution in [0.1, 0.15) is 30.8 Å². The lowest BCUT2D eigenvalue weighted by Crippen LogP contribution is -2.29. The van der Waals surface area contributed by atoms with E-state index >= 15 is 0 Å². The first kappa shape index (κ1) is 17.5. The van der Waals surface area contributed by atoms with Crippen LogP contribution in [0.3, 0.4) is 0 Å². The SMILES string of the molecule is CC1CC1c1ccc(/C=C/C(=O)Nc2cccc(NC(=O)C(N)=O)c2)o1. The van der Waals surface area contributed by atoms with Crippen LogP contribution >= 0.6 is 0 Å².